The summed E-state index contributed by atoms with van der Waals surface area (Å²) < 4.78 is 7.04. The van der Waals surface area contributed by atoms with Gasteiger partial charge in [0.2, 0.25) is 0 Å². The molecule has 1 saturated carbocycles. The van der Waals surface area contributed by atoms with E-state index in [2.05, 4.69) is 15.9 Å². The molecule has 0 aliphatic heterocycles. The first kappa shape index (κ1) is 12.9. The van der Waals surface area contributed by atoms with Crippen molar-refractivity contribution in [3.63, 3.8) is 0 Å². The Balaban J connectivity index is 2.04. The zero-order valence-electron chi connectivity index (χ0n) is 10.3. The molecule has 0 amide bonds. The third-order valence-electron chi connectivity index (χ3n) is 3.32. The minimum Gasteiger partial charge on any atom is -0.490 e. The summed E-state index contributed by atoms with van der Waals surface area (Å²) >= 11 is 3.55. The van der Waals surface area contributed by atoms with Crippen molar-refractivity contribution in [2.45, 2.75) is 51.2 Å². The lowest BCUT2D eigenvalue weighted by molar-refractivity contribution is 0.155. The fourth-order valence-corrected chi connectivity index (χ4v) is 3.04. The molecule has 1 aromatic carbocycles. The molecule has 2 N–H and O–H groups in total. The molecule has 1 atom stereocenters. The van der Waals surface area contributed by atoms with Gasteiger partial charge in [0.05, 0.1) is 6.10 Å². The maximum Gasteiger partial charge on any atom is 0.120 e. The second kappa shape index (κ2) is 5.87. The lowest BCUT2D eigenvalue weighted by Crippen LogP contribution is -2.19. The van der Waals surface area contributed by atoms with Crippen LogP contribution in [0.25, 0.3) is 0 Å². The highest BCUT2D eigenvalue weighted by Gasteiger charge is 2.15. The Morgan fingerprint density at radius 3 is 2.59 bits per heavy atom. The van der Waals surface area contributed by atoms with Gasteiger partial charge in [-0.2, -0.15) is 0 Å². The fraction of sp³-hybridized carbons (Fsp3) is 0.571. The molecular weight excluding hydrogens is 278 g/mol. The number of hydrogen-bond acceptors (Lipinski definition) is 2. The van der Waals surface area contributed by atoms with Crippen molar-refractivity contribution in [2.75, 3.05) is 0 Å². The Bertz CT molecular complexity index is 372. The molecule has 2 rings (SSSR count). The van der Waals surface area contributed by atoms with E-state index in [9.17, 15) is 0 Å². The van der Waals surface area contributed by atoms with E-state index < -0.39 is 0 Å². The molecule has 3 heteroatoms. The number of benzene rings is 1. The standard InChI is InChI=1S/C14H20BrNO/c1-10(16)13-8-7-12(9-14(13)15)17-11-5-3-2-4-6-11/h7-11H,2-6,16H2,1H3/t10-/m1/s1. The highest BCUT2D eigenvalue weighted by molar-refractivity contribution is 9.10. The second-order valence-electron chi connectivity index (χ2n) is 4.85. The molecule has 94 valence electrons. The van der Waals surface area contributed by atoms with Crippen molar-refractivity contribution < 1.29 is 4.74 Å². The average molecular weight is 298 g/mol. The quantitative estimate of drug-likeness (QED) is 0.908. The highest BCUT2D eigenvalue weighted by Crippen LogP contribution is 2.29. The van der Waals surface area contributed by atoms with Crippen LogP contribution in [0, 0.1) is 0 Å². The molecule has 1 aromatic rings. The predicted molar refractivity (Wildman–Crippen MR) is 74.2 cm³/mol. The largest absolute Gasteiger partial charge is 0.490 e. The van der Waals surface area contributed by atoms with Gasteiger partial charge in [-0.1, -0.05) is 28.4 Å². The van der Waals surface area contributed by atoms with Gasteiger partial charge in [-0.3, -0.25) is 0 Å². The summed E-state index contributed by atoms with van der Waals surface area (Å²) in [6.45, 7) is 1.99. The second-order valence-corrected chi connectivity index (χ2v) is 5.70. The van der Waals surface area contributed by atoms with Crippen molar-refractivity contribution in [3.05, 3.63) is 28.2 Å². The van der Waals surface area contributed by atoms with Gasteiger partial charge in [0.15, 0.2) is 0 Å². The lowest BCUT2D eigenvalue weighted by Gasteiger charge is -2.23. The summed E-state index contributed by atoms with van der Waals surface area (Å²) in [6, 6.07) is 6.16. The molecule has 0 spiro atoms. The normalized spacial score (nSPS) is 19.0. The van der Waals surface area contributed by atoms with Crippen LogP contribution >= 0.6 is 15.9 Å². The minimum atomic E-state index is 0.0492. The lowest BCUT2D eigenvalue weighted by atomic mass is 9.98. The number of nitrogens with two attached hydrogens (primary N) is 1. The molecule has 1 fully saturated rings. The average Bonchev–Trinajstić information content (AvgIpc) is 2.30. The molecular formula is C14H20BrNO. The van der Waals surface area contributed by atoms with E-state index in [-0.39, 0.29) is 6.04 Å². The first-order chi connectivity index (χ1) is 8.16. The van der Waals surface area contributed by atoms with Gasteiger partial charge in [-0.05, 0) is 50.3 Å². The molecule has 2 nitrogen and oxygen atoms in total. The van der Waals surface area contributed by atoms with Crippen LogP contribution in [0.2, 0.25) is 0 Å². The number of halogens is 1. The van der Waals surface area contributed by atoms with Crippen LogP contribution in [-0.4, -0.2) is 6.10 Å². The Morgan fingerprint density at radius 1 is 1.29 bits per heavy atom. The van der Waals surface area contributed by atoms with Crippen LogP contribution in [0.3, 0.4) is 0 Å². The Hall–Kier alpha value is -0.540. The SMILES string of the molecule is C[C@@H](N)c1ccc(OC2CCCCC2)cc1Br. The van der Waals surface area contributed by atoms with E-state index in [0.29, 0.717) is 6.10 Å². The maximum absolute atomic E-state index is 6.00. The van der Waals surface area contributed by atoms with Gasteiger partial charge in [0, 0.05) is 10.5 Å². The highest BCUT2D eigenvalue weighted by atomic mass is 79.9. The first-order valence-electron chi connectivity index (χ1n) is 6.38. The zero-order valence-corrected chi connectivity index (χ0v) is 11.9. The van der Waals surface area contributed by atoms with Crippen molar-refractivity contribution >= 4 is 15.9 Å². The van der Waals surface area contributed by atoms with E-state index in [0.717, 1.165) is 15.8 Å². The van der Waals surface area contributed by atoms with Crippen LogP contribution in [-0.2, 0) is 0 Å². The third kappa shape index (κ3) is 3.46. The Kier molecular flexibility index (Phi) is 4.46. The van der Waals surface area contributed by atoms with Gasteiger partial charge in [0.1, 0.15) is 5.75 Å². The van der Waals surface area contributed by atoms with E-state index >= 15 is 0 Å². The smallest absolute Gasteiger partial charge is 0.120 e. The van der Waals surface area contributed by atoms with Crippen molar-refractivity contribution in [1.29, 1.82) is 0 Å². The fourth-order valence-electron chi connectivity index (χ4n) is 2.33. The molecule has 1 aliphatic carbocycles. The number of hydrogen-bond donors (Lipinski definition) is 1. The monoisotopic (exact) mass is 297 g/mol. The topological polar surface area (TPSA) is 35.2 Å². The molecule has 0 saturated heterocycles. The Morgan fingerprint density at radius 2 is 2.00 bits per heavy atom. The number of rotatable bonds is 3. The van der Waals surface area contributed by atoms with E-state index in [1.54, 1.807) is 0 Å². The Labute approximate surface area is 112 Å². The predicted octanol–water partition coefficient (Wildman–Crippen LogP) is 4.18. The van der Waals surface area contributed by atoms with Gasteiger partial charge in [0.25, 0.3) is 0 Å². The summed E-state index contributed by atoms with van der Waals surface area (Å²) in [7, 11) is 0. The molecule has 0 radical (unpaired) electrons. The molecule has 0 bridgehead atoms. The summed E-state index contributed by atoms with van der Waals surface area (Å²) in [6.07, 6.45) is 6.72. The number of ether oxygens (including phenoxy) is 1. The van der Waals surface area contributed by atoms with Crippen LogP contribution in [0.1, 0.15) is 50.6 Å². The first-order valence-corrected chi connectivity index (χ1v) is 7.18. The van der Waals surface area contributed by atoms with Crippen molar-refractivity contribution in [3.8, 4) is 5.75 Å². The minimum absolute atomic E-state index is 0.0492. The van der Waals surface area contributed by atoms with Crippen LogP contribution in [0.15, 0.2) is 22.7 Å². The van der Waals surface area contributed by atoms with Crippen molar-refractivity contribution in [1.82, 2.24) is 0 Å². The van der Waals surface area contributed by atoms with Gasteiger partial charge in [-0.15, -0.1) is 0 Å². The zero-order chi connectivity index (χ0) is 12.3. The van der Waals surface area contributed by atoms with Gasteiger partial charge in [-0.25, -0.2) is 0 Å². The van der Waals surface area contributed by atoms with Crippen LogP contribution in [0.4, 0.5) is 0 Å². The van der Waals surface area contributed by atoms with Gasteiger partial charge < -0.3 is 10.5 Å². The molecule has 17 heavy (non-hydrogen) atoms. The van der Waals surface area contributed by atoms with Crippen molar-refractivity contribution in [2.24, 2.45) is 5.73 Å². The third-order valence-corrected chi connectivity index (χ3v) is 4.00. The molecule has 0 heterocycles. The van der Waals surface area contributed by atoms with Gasteiger partial charge >= 0.3 is 0 Å². The summed E-state index contributed by atoms with van der Waals surface area (Å²) in [5, 5.41) is 0. The maximum atomic E-state index is 6.00. The van der Waals surface area contributed by atoms with Crippen LogP contribution in [0.5, 0.6) is 5.75 Å². The summed E-state index contributed by atoms with van der Waals surface area (Å²) in [5.41, 5.74) is 7.00. The van der Waals surface area contributed by atoms with E-state index in [1.165, 1.54) is 32.1 Å². The molecule has 0 aromatic heterocycles. The summed E-state index contributed by atoms with van der Waals surface area (Å²) in [5.74, 6) is 0.952. The molecule has 1 aliphatic rings. The molecule has 0 unspecified atom stereocenters. The van der Waals surface area contributed by atoms with E-state index in [1.807, 2.05) is 25.1 Å². The van der Waals surface area contributed by atoms with E-state index in [4.69, 9.17) is 10.5 Å². The summed E-state index contributed by atoms with van der Waals surface area (Å²) in [4.78, 5) is 0. The van der Waals surface area contributed by atoms with Crippen LogP contribution < -0.4 is 10.5 Å².